The Morgan fingerprint density at radius 3 is 2.47 bits per heavy atom. The zero-order chi connectivity index (χ0) is 11.4. The lowest BCUT2D eigenvalue weighted by molar-refractivity contribution is 0.0597. The molecule has 0 aliphatic heterocycles. The Morgan fingerprint density at radius 2 is 2.00 bits per heavy atom. The Morgan fingerprint density at radius 1 is 1.33 bits per heavy atom. The molecule has 5 nitrogen and oxygen atoms in total. The van der Waals surface area contributed by atoms with Crippen LogP contribution in [0.25, 0.3) is 0 Å². The first-order valence-corrected chi connectivity index (χ1v) is 4.22. The standard InChI is InChI=1S/C9H11BO5/c1-14-8-4-3-6(10(12)13)5-7(8)9(11)15-2/h3-5,12-13H,1-2H3. The normalized spacial score (nSPS) is 9.60. The molecule has 0 bridgehead atoms. The summed E-state index contributed by atoms with van der Waals surface area (Å²) < 4.78 is 9.47. The van der Waals surface area contributed by atoms with Crippen LogP contribution >= 0.6 is 0 Å². The van der Waals surface area contributed by atoms with Crippen LogP contribution in [0.1, 0.15) is 10.4 Å². The van der Waals surface area contributed by atoms with E-state index < -0.39 is 13.1 Å². The van der Waals surface area contributed by atoms with E-state index in [0.717, 1.165) is 0 Å². The predicted molar refractivity (Wildman–Crippen MR) is 54.2 cm³/mol. The average molecular weight is 210 g/mol. The second-order valence-corrected chi connectivity index (χ2v) is 2.82. The smallest absolute Gasteiger partial charge is 0.488 e. The fourth-order valence-electron chi connectivity index (χ4n) is 1.16. The summed E-state index contributed by atoms with van der Waals surface area (Å²) in [6.45, 7) is 0. The van der Waals surface area contributed by atoms with Crippen molar-refractivity contribution < 1.29 is 24.3 Å². The highest BCUT2D eigenvalue weighted by molar-refractivity contribution is 6.58. The molecule has 0 aliphatic carbocycles. The Hall–Kier alpha value is -1.53. The van der Waals surface area contributed by atoms with Gasteiger partial charge < -0.3 is 19.5 Å². The molecule has 6 heteroatoms. The first-order valence-electron chi connectivity index (χ1n) is 4.22. The van der Waals surface area contributed by atoms with Gasteiger partial charge in [-0.1, -0.05) is 6.07 Å². The molecule has 0 spiro atoms. The lowest BCUT2D eigenvalue weighted by atomic mass is 9.79. The maximum absolute atomic E-state index is 11.3. The molecule has 0 unspecified atom stereocenters. The van der Waals surface area contributed by atoms with Gasteiger partial charge >= 0.3 is 13.1 Å². The highest BCUT2D eigenvalue weighted by atomic mass is 16.5. The molecule has 1 aromatic rings. The van der Waals surface area contributed by atoms with Gasteiger partial charge in [0, 0.05) is 0 Å². The van der Waals surface area contributed by atoms with Gasteiger partial charge in [0.2, 0.25) is 0 Å². The van der Waals surface area contributed by atoms with E-state index in [4.69, 9.17) is 14.8 Å². The van der Waals surface area contributed by atoms with Gasteiger partial charge in [-0.2, -0.15) is 0 Å². The lowest BCUT2D eigenvalue weighted by Gasteiger charge is -2.08. The van der Waals surface area contributed by atoms with Crippen molar-refractivity contribution >= 4 is 18.6 Å². The van der Waals surface area contributed by atoms with Crippen LogP contribution in [0.15, 0.2) is 18.2 Å². The van der Waals surface area contributed by atoms with Crippen molar-refractivity contribution in [2.45, 2.75) is 0 Å². The number of benzene rings is 1. The van der Waals surface area contributed by atoms with Gasteiger partial charge in [0.05, 0.1) is 14.2 Å². The average Bonchev–Trinajstić information content (AvgIpc) is 2.27. The Labute approximate surface area is 87.4 Å². The number of hydrogen-bond donors (Lipinski definition) is 2. The maximum atomic E-state index is 11.3. The van der Waals surface area contributed by atoms with E-state index in [1.54, 1.807) is 0 Å². The molecule has 0 amide bonds. The Balaban J connectivity index is 3.19. The van der Waals surface area contributed by atoms with Gasteiger partial charge in [0.1, 0.15) is 11.3 Å². The van der Waals surface area contributed by atoms with Crippen LogP contribution in [0.3, 0.4) is 0 Å². The van der Waals surface area contributed by atoms with Crippen LogP contribution in [0.4, 0.5) is 0 Å². The number of esters is 1. The third kappa shape index (κ3) is 2.48. The minimum atomic E-state index is -1.63. The molecule has 2 N–H and O–H groups in total. The quantitative estimate of drug-likeness (QED) is 0.502. The van der Waals surface area contributed by atoms with Crippen molar-refractivity contribution in [3.8, 4) is 5.75 Å². The van der Waals surface area contributed by atoms with Crippen molar-refractivity contribution in [3.05, 3.63) is 23.8 Å². The SMILES string of the molecule is COC(=O)c1cc(B(O)O)ccc1OC. The second-order valence-electron chi connectivity index (χ2n) is 2.82. The molecule has 0 aromatic heterocycles. The molecule has 0 atom stereocenters. The third-order valence-electron chi connectivity index (χ3n) is 1.93. The van der Waals surface area contributed by atoms with Gasteiger partial charge in [0.15, 0.2) is 0 Å². The maximum Gasteiger partial charge on any atom is 0.488 e. The summed E-state index contributed by atoms with van der Waals surface area (Å²) in [4.78, 5) is 11.3. The van der Waals surface area contributed by atoms with Crippen molar-refractivity contribution in [2.24, 2.45) is 0 Å². The Bertz CT molecular complexity index is 364. The summed E-state index contributed by atoms with van der Waals surface area (Å²) in [7, 11) is 1.03. The van der Waals surface area contributed by atoms with Gasteiger partial charge in [0.25, 0.3) is 0 Å². The summed E-state index contributed by atoms with van der Waals surface area (Å²) in [5, 5.41) is 17.9. The number of hydrogen-bond acceptors (Lipinski definition) is 5. The zero-order valence-corrected chi connectivity index (χ0v) is 8.43. The molecule has 0 radical (unpaired) electrons. The molecular weight excluding hydrogens is 199 g/mol. The van der Waals surface area contributed by atoms with Gasteiger partial charge in [-0.25, -0.2) is 4.79 Å². The molecule has 1 rings (SSSR count). The first-order chi connectivity index (χ1) is 7.10. The van der Waals surface area contributed by atoms with E-state index >= 15 is 0 Å². The highest BCUT2D eigenvalue weighted by Gasteiger charge is 2.18. The molecule has 15 heavy (non-hydrogen) atoms. The molecule has 0 saturated carbocycles. The minimum Gasteiger partial charge on any atom is -0.496 e. The monoisotopic (exact) mass is 210 g/mol. The summed E-state index contributed by atoms with van der Waals surface area (Å²) in [5.74, 6) is -0.263. The molecule has 0 aliphatic rings. The number of carbonyl (C=O) groups is 1. The molecule has 80 valence electrons. The molecule has 1 aromatic carbocycles. The van der Waals surface area contributed by atoms with Crippen molar-refractivity contribution in [3.63, 3.8) is 0 Å². The summed E-state index contributed by atoms with van der Waals surface area (Å²) in [6, 6.07) is 4.24. The predicted octanol–water partition coefficient (Wildman–Crippen LogP) is -0.838. The van der Waals surface area contributed by atoms with Crippen LogP contribution in [0, 0.1) is 0 Å². The van der Waals surface area contributed by atoms with Crippen molar-refractivity contribution in [2.75, 3.05) is 14.2 Å². The topological polar surface area (TPSA) is 76.0 Å². The molecular formula is C9H11BO5. The van der Waals surface area contributed by atoms with Crippen LogP contribution in [-0.2, 0) is 4.74 Å². The fourth-order valence-corrected chi connectivity index (χ4v) is 1.16. The van der Waals surface area contributed by atoms with E-state index in [0.29, 0.717) is 5.75 Å². The van der Waals surface area contributed by atoms with E-state index in [1.807, 2.05) is 0 Å². The third-order valence-corrected chi connectivity index (χ3v) is 1.93. The summed E-state index contributed by atoms with van der Waals surface area (Å²) in [5.41, 5.74) is 0.363. The van der Waals surface area contributed by atoms with Crippen LogP contribution in [0.5, 0.6) is 5.75 Å². The Kier molecular flexibility index (Phi) is 3.71. The lowest BCUT2D eigenvalue weighted by Crippen LogP contribution is -2.30. The number of ether oxygens (including phenoxy) is 2. The van der Waals surface area contributed by atoms with Crippen LogP contribution < -0.4 is 10.2 Å². The largest absolute Gasteiger partial charge is 0.496 e. The number of methoxy groups -OCH3 is 2. The summed E-state index contributed by atoms with van der Waals surface area (Å²) in [6.07, 6.45) is 0. The minimum absolute atomic E-state index is 0.158. The van der Waals surface area contributed by atoms with E-state index in [2.05, 4.69) is 4.74 Å². The van der Waals surface area contributed by atoms with Gasteiger partial charge in [-0.15, -0.1) is 0 Å². The van der Waals surface area contributed by atoms with Crippen LogP contribution in [-0.4, -0.2) is 37.4 Å². The van der Waals surface area contributed by atoms with Crippen molar-refractivity contribution in [1.29, 1.82) is 0 Å². The molecule has 0 heterocycles. The fraction of sp³-hybridized carbons (Fsp3) is 0.222. The second kappa shape index (κ2) is 4.81. The highest BCUT2D eigenvalue weighted by Crippen LogP contribution is 2.17. The molecule has 0 fully saturated rings. The van der Waals surface area contributed by atoms with E-state index in [-0.39, 0.29) is 11.0 Å². The zero-order valence-electron chi connectivity index (χ0n) is 8.43. The van der Waals surface area contributed by atoms with Crippen molar-refractivity contribution in [1.82, 2.24) is 0 Å². The van der Waals surface area contributed by atoms with Gasteiger partial charge in [-0.05, 0) is 17.6 Å². The van der Waals surface area contributed by atoms with E-state index in [9.17, 15) is 4.79 Å². The van der Waals surface area contributed by atoms with E-state index in [1.165, 1.54) is 32.4 Å². The van der Waals surface area contributed by atoms with Crippen LogP contribution in [0.2, 0.25) is 0 Å². The number of carbonyl (C=O) groups excluding carboxylic acids is 1. The number of rotatable bonds is 3. The molecule has 0 saturated heterocycles. The van der Waals surface area contributed by atoms with Gasteiger partial charge in [-0.3, -0.25) is 0 Å². The summed E-state index contributed by atoms with van der Waals surface area (Å²) >= 11 is 0. The first kappa shape index (κ1) is 11.5.